The number of benzene rings is 4. The van der Waals surface area contributed by atoms with Crippen LogP contribution in [0.15, 0.2) is 122 Å². The summed E-state index contributed by atoms with van der Waals surface area (Å²) in [5.74, 6) is -0.524. The molecule has 6 atom stereocenters. The first-order valence-electron chi connectivity index (χ1n) is 23.0. The number of fused-ring (bicyclic) bond motifs is 3. The van der Waals surface area contributed by atoms with E-state index in [-0.39, 0.29) is 55.3 Å². The Labute approximate surface area is 409 Å². The van der Waals surface area contributed by atoms with Gasteiger partial charge in [-0.3, -0.25) is 28.9 Å². The van der Waals surface area contributed by atoms with Gasteiger partial charge in [0.25, 0.3) is 0 Å². The molecular formula is C53H50N6O12. The van der Waals surface area contributed by atoms with Crippen molar-refractivity contribution >= 4 is 47.5 Å². The van der Waals surface area contributed by atoms with Gasteiger partial charge in [0.15, 0.2) is 5.92 Å². The quantitative estimate of drug-likeness (QED) is 0.0627. The van der Waals surface area contributed by atoms with E-state index in [0.29, 0.717) is 35.7 Å². The predicted octanol–water partition coefficient (Wildman–Crippen LogP) is 4.68. The molecule has 1 N–H and O–H groups in total. The number of morpholine rings is 1. The van der Waals surface area contributed by atoms with Gasteiger partial charge in [0, 0.05) is 57.7 Å². The number of carbonyl (C=O) groups is 6. The summed E-state index contributed by atoms with van der Waals surface area (Å²) in [6.07, 6.45) is 0.945. The molecule has 3 saturated heterocycles. The first-order chi connectivity index (χ1) is 34.5. The van der Waals surface area contributed by atoms with Crippen LogP contribution >= 0.6 is 0 Å². The molecule has 4 aliphatic rings. The molecule has 5 aromatic rings. The Morgan fingerprint density at radius 1 is 0.775 bits per heavy atom. The van der Waals surface area contributed by atoms with Crippen molar-refractivity contribution in [1.29, 1.82) is 0 Å². The van der Waals surface area contributed by atoms with E-state index in [2.05, 4.69) is 21.8 Å². The van der Waals surface area contributed by atoms with Crippen molar-refractivity contribution in [3.05, 3.63) is 149 Å². The maximum absolute atomic E-state index is 16.5. The van der Waals surface area contributed by atoms with Gasteiger partial charge in [-0.25, -0.2) is 19.7 Å². The monoisotopic (exact) mass is 962 g/mol. The smallest absolute Gasteiger partial charge is 0.421 e. The molecule has 5 heterocycles. The van der Waals surface area contributed by atoms with E-state index in [0.717, 1.165) is 19.1 Å². The summed E-state index contributed by atoms with van der Waals surface area (Å²) in [4.78, 5) is 103. The molecule has 1 spiro atoms. The van der Waals surface area contributed by atoms with E-state index in [1.54, 1.807) is 47.6 Å². The molecule has 18 heteroatoms. The number of ether oxygens (including phenoxy) is 5. The van der Waals surface area contributed by atoms with Crippen LogP contribution in [-0.2, 0) is 53.1 Å². The minimum atomic E-state index is -2.14. The second-order valence-corrected chi connectivity index (χ2v) is 17.3. The molecule has 0 bridgehead atoms. The number of aromatic nitrogens is 2. The maximum Gasteiger partial charge on any atom is 0.421 e. The maximum atomic E-state index is 16.5. The first-order valence-corrected chi connectivity index (χ1v) is 23.0. The molecule has 6 unspecified atom stereocenters. The first kappa shape index (κ1) is 47.9. The molecular weight excluding hydrogens is 913 g/mol. The van der Waals surface area contributed by atoms with Gasteiger partial charge < -0.3 is 38.6 Å². The molecule has 0 radical (unpaired) electrons. The lowest BCUT2D eigenvalue weighted by atomic mass is 9.65. The lowest BCUT2D eigenvalue weighted by Crippen LogP contribution is -2.59. The van der Waals surface area contributed by atoms with Gasteiger partial charge in [0.05, 0.1) is 44.5 Å². The molecule has 18 nitrogen and oxygen atoms in total. The standard InChI is InChI=1S/C53H50N6O12/c1-67-30-31-70-52(66)58-40-23-18-33(12-10-17-38(47(62)68-2)48(63)69-3)32-39(40)53(50(58)65)41(46(61)56-26-28-57(29-27-56)51-54-24-11-25-55-51)43-49(64)71-44(35-15-8-5-9-16-35)42(34-13-6-4-7-14-34)59(43)45(53)36-19-21-37(60)22-20-36/h4-9,11,13-16,18-25,32,38,41-45,60H,17,26-31H2,1-3H3. The average molecular weight is 963 g/mol. The van der Waals surface area contributed by atoms with Gasteiger partial charge in [-0.15, -0.1) is 0 Å². The van der Waals surface area contributed by atoms with Crippen molar-refractivity contribution in [2.75, 3.05) is 70.5 Å². The topological polar surface area (TPSA) is 208 Å². The zero-order valence-corrected chi connectivity index (χ0v) is 39.1. The zero-order valence-electron chi connectivity index (χ0n) is 39.1. The summed E-state index contributed by atoms with van der Waals surface area (Å²) >= 11 is 0. The zero-order chi connectivity index (χ0) is 49.8. The third-order valence-corrected chi connectivity index (χ3v) is 13.6. The van der Waals surface area contributed by atoms with Crippen molar-refractivity contribution < 1.29 is 57.6 Å². The fourth-order valence-electron chi connectivity index (χ4n) is 10.5. The third-order valence-electron chi connectivity index (χ3n) is 13.6. The second kappa shape index (κ2) is 20.4. The number of nitrogens with zero attached hydrogens (tertiary/aromatic N) is 6. The van der Waals surface area contributed by atoms with E-state index < -0.39 is 77.3 Å². The largest absolute Gasteiger partial charge is 0.508 e. The van der Waals surface area contributed by atoms with Gasteiger partial charge in [-0.05, 0) is 58.7 Å². The highest BCUT2D eigenvalue weighted by Gasteiger charge is 2.76. The lowest BCUT2D eigenvalue weighted by molar-refractivity contribution is -0.179. The van der Waals surface area contributed by atoms with Crippen molar-refractivity contribution in [2.45, 2.75) is 36.1 Å². The molecule has 71 heavy (non-hydrogen) atoms. The van der Waals surface area contributed by atoms with E-state index in [4.69, 9.17) is 23.7 Å². The van der Waals surface area contributed by atoms with Gasteiger partial charge in [0.1, 0.15) is 29.9 Å². The van der Waals surface area contributed by atoms with Gasteiger partial charge in [-0.1, -0.05) is 84.6 Å². The van der Waals surface area contributed by atoms with Crippen molar-refractivity contribution in [3.63, 3.8) is 0 Å². The predicted molar refractivity (Wildman–Crippen MR) is 253 cm³/mol. The minimum absolute atomic E-state index is 0.0109. The van der Waals surface area contributed by atoms with Crippen LogP contribution in [0.4, 0.5) is 16.4 Å². The van der Waals surface area contributed by atoms with Crippen molar-refractivity contribution in [1.82, 2.24) is 19.8 Å². The number of carbonyl (C=O) groups excluding carboxylic acids is 6. The van der Waals surface area contributed by atoms with Gasteiger partial charge in [-0.2, -0.15) is 0 Å². The van der Waals surface area contributed by atoms with E-state index in [1.165, 1.54) is 25.3 Å². The van der Waals surface area contributed by atoms with Crippen molar-refractivity contribution in [3.8, 4) is 17.6 Å². The van der Waals surface area contributed by atoms with Gasteiger partial charge >= 0.3 is 24.0 Å². The normalized spacial score (nSPS) is 22.5. The van der Waals surface area contributed by atoms with Crippen LogP contribution in [0.3, 0.4) is 0 Å². The summed E-state index contributed by atoms with van der Waals surface area (Å²) in [6.45, 7) is 0.734. The molecule has 4 aliphatic heterocycles. The molecule has 364 valence electrons. The van der Waals surface area contributed by atoms with Crippen LogP contribution < -0.4 is 9.80 Å². The van der Waals surface area contributed by atoms with Crippen LogP contribution in [0.25, 0.3) is 0 Å². The Kier molecular flexibility index (Phi) is 13.8. The second-order valence-electron chi connectivity index (χ2n) is 17.3. The Balaban J connectivity index is 1.30. The summed E-state index contributed by atoms with van der Waals surface area (Å²) in [5, 5.41) is 10.8. The summed E-state index contributed by atoms with van der Waals surface area (Å²) < 4.78 is 27.1. The van der Waals surface area contributed by atoms with Crippen LogP contribution in [0.5, 0.6) is 5.75 Å². The molecule has 0 aliphatic carbocycles. The molecule has 9 rings (SSSR count). The van der Waals surface area contributed by atoms with E-state index >= 15 is 14.4 Å². The third kappa shape index (κ3) is 8.67. The number of esters is 3. The fraction of sp³-hybridized carbons (Fsp3) is 0.321. The molecule has 1 aromatic heterocycles. The highest BCUT2D eigenvalue weighted by atomic mass is 16.6. The Bertz CT molecular complexity index is 2860. The summed E-state index contributed by atoms with van der Waals surface area (Å²) in [6, 6.07) is 27.6. The van der Waals surface area contributed by atoms with Crippen LogP contribution in [0, 0.1) is 23.7 Å². The molecule has 3 amide bonds. The molecule has 0 saturated carbocycles. The Morgan fingerprint density at radius 2 is 1.42 bits per heavy atom. The van der Waals surface area contributed by atoms with E-state index in [9.17, 15) is 19.5 Å². The van der Waals surface area contributed by atoms with Crippen LogP contribution in [0.2, 0.25) is 0 Å². The number of hydrogen-bond acceptors (Lipinski definition) is 16. The Morgan fingerprint density at radius 3 is 2.06 bits per heavy atom. The Hall–Kier alpha value is -8.14. The number of anilines is 2. The number of amides is 3. The minimum Gasteiger partial charge on any atom is -0.508 e. The number of aromatic hydroxyl groups is 1. The number of cyclic esters (lactones) is 1. The van der Waals surface area contributed by atoms with Crippen molar-refractivity contribution in [2.24, 2.45) is 11.8 Å². The highest BCUT2D eigenvalue weighted by molar-refractivity contribution is 6.23. The number of piperazine rings is 1. The highest BCUT2D eigenvalue weighted by Crippen LogP contribution is 2.66. The summed E-state index contributed by atoms with van der Waals surface area (Å²) in [7, 11) is 3.72. The number of rotatable bonds is 11. The average Bonchev–Trinajstić information content (AvgIpc) is 3.86. The summed E-state index contributed by atoms with van der Waals surface area (Å²) in [5.41, 5.74) is 0.173. The number of phenolic OH excluding ortho intramolecular Hbond substituents is 1. The lowest BCUT2D eigenvalue weighted by Gasteiger charge is -2.46. The number of methoxy groups -OCH3 is 3. The molecule has 4 aromatic carbocycles. The van der Waals surface area contributed by atoms with Crippen LogP contribution in [0.1, 0.15) is 52.4 Å². The van der Waals surface area contributed by atoms with Gasteiger partial charge in [0.2, 0.25) is 17.8 Å². The molecule has 3 fully saturated rings. The number of imide groups is 1. The van der Waals surface area contributed by atoms with E-state index in [1.807, 2.05) is 70.5 Å². The number of phenols is 1. The van der Waals surface area contributed by atoms with Crippen LogP contribution in [-0.4, -0.2) is 127 Å². The SMILES string of the molecule is COCCOC(=O)N1C(=O)C2(c3cc(C#CCC(C(=O)OC)C(=O)OC)ccc31)C(C(=O)N1CCN(c3ncccn3)CC1)C1C(=O)OC(c3ccccc3)C(c3ccccc3)N1C2c1ccc(O)cc1. The fourth-order valence-corrected chi connectivity index (χ4v) is 10.5. The number of hydrogen-bond donors (Lipinski definition) is 1.